The minimum absolute atomic E-state index is 0.246. The van der Waals surface area contributed by atoms with Crippen molar-refractivity contribution >= 4 is 34.8 Å². The van der Waals surface area contributed by atoms with Crippen LogP contribution in [0.25, 0.3) is 0 Å². The van der Waals surface area contributed by atoms with Crippen molar-refractivity contribution < 1.29 is 23.8 Å². The van der Waals surface area contributed by atoms with Crippen LogP contribution < -0.4 is 24.8 Å². The molecule has 0 radical (unpaired) electrons. The van der Waals surface area contributed by atoms with Crippen molar-refractivity contribution in [3.63, 3.8) is 0 Å². The minimum atomic E-state index is -0.347. The number of methoxy groups -OCH3 is 2. The molecule has 3 rings (SSSR count). The van der Waals surface area contributed by atoms with Gasteiger partial charge in [-0.15, -0.1) is 0 Å². The average Bonchev–Trinajstić information content (AvgIpc) is 2.78. The Morgan fingerprint density at radius 2 is 1.59 bits per heavy atom. The molecule has 0 aliphatic carbocycles. The standard InChI is InChI=1S/C24H23ClN2O5/c1-15(28)26-20-13-18(9-11-21(20)30-2)27-24(29)16-8-10-22(23(12-16)31-3)32-14-17-6-4-5-7-19(17)25/h4-13H,14H2,1-3H3,(H,26,28)(H,27,29). The number of carbonyl (C=O) groups is 2. The van der Waals surface area contributed by atoms with Gasteiger partial charge in [-0.3, -0.25) is 9.59 Å². The topological polar surface area (TPSA) is 85.9 Å². The predicted molar refractivity (Wildman–Crippen MR) is 124 cm³/mol. The number of ether oxygens (including phenoxy) is 3. The van der Waals surface area contributed by atoms with Crippen LogP contribution in [-0.4, -0.2) is 26.0 Å². The number of hydrogen-bond donors (Lipinski definition) is 2. The molecule has 7 nitrogen and oxygen atoms in total. The van der Waals surface area contributed by atoms with Crippen LogP contribution in [0.5, 0.6) is 17.2 Å². The molecule has 0 saturated carbocycles. The highest BCUT2D eigenvalue weighted by Gasteiger charge is 2.14. The highest BCUT2D eigenvalue weighted by atomic mass is 35.5. The fourth-order valence-corrected chi connectivity index (χ4v) is 3.17. The smallest absolute Gasteiger partial charge is 0.255 e. The molecule has 0 saturated heterocycles. The molecule has 32 heavy (non-hydrogen) atoms. The van der Waals surface area contributed by atoms with Gasteiger partial charge in [-0.2, -0.15) is 0 Å². The molecule has 0 atom stereocenters. The highest BCUT2D eigenvalue weighted by Crippen LogP contribution is 2.31. The van der Waals surface area contributed by atoms with E-state index in [1.807, 2.05) is 18.2 Å². The molecule has 0 aromatic heterocycles. The Balaban J connectivity index is 1.74. The third-order valence-electron chi connectivity index (χ3n) is 4.53. The molecule has 0 fully saturated rings. The average molecular weight is 455 g/mol. The highest BCUT2D eigenvalue weighted by molar-refractivity contribution is 6.31. The van der Waals surface area contributed by atoms with E-state index >= 15 is 0 Å². The Kier molecular flexibility index (Phi) is 7.57. The van der Waals surface area contributed by atoms with E-state index < -0.39 is 0 Å². The number of anilines is 2. The summed E-state index contributed by atoms with van der Waals surface area (Å²) in [4.78, 5) is 24.2. The molecule has 0 aliphatic heterocycles. The van der Waals surface area contributed by atoms with Gasteiger partial charge in [-0.05, 0) is 42.5 Å². The van der Waals surface area contributed by atoms with E-state index in [-0.39, 0.29) is 18.4 Å². The van der Waals surface area contributed by atoms with Crippen LogP contribution in [0.4, 0.5) is 11.4 Å². The lowest BCUT2D eigenvalue weighted by Crippen LogP contribution is -2.13. The monoisotopic (exact) mass is 454 g/mol. The fraction of sp³-hybridized carbons (Fsp3) is 0.167. The summed E-state index contributed by atoms with van der Waals surface area (Å²) < 4.78 is 16.5. The van der Waals surface area contributed by atoms with Crippen molar-refractivity contribution in [2.75, 3.05) is 24.9 Å². The van der Waals surface area contributed by atoms with E-state index in [1.54, 1.807) is 42.5 Å². The van der Waals surface area contributed by atoms with Crippen LogP contribution >= 0.6 is 11.6 Å². The lowest BCUT2D eigenvalue weighted by Gasteiger charge is -2.14. The summed E-state index contributed by atoms with van der Waals surface area (Å²) in [6.07, 6.45) is 0. The lowest BCUT2D eigenvalue weighted by atomic mass is 10.1. The van der Waals surface area contributed by atoms with Crippen molar-refractivity contribution in [3.8, 4) is 17.2 Å². The first-order valence-electron chi connectivity index (χ1n) is 9.72. The van der Waals surface area contributed by atoms with Crippen molar-refractivity contribution in [2.24, 2.45) is 0 Å². The molecule has 8 heteroatoms. The quantitative estimate of drug-likeness (QED) is 0.491. The van der Waals surface area contributed by atoms with Gasteiger partial charge in [0.25, 0.3) is 5.91 Å². The van der Waals surface area contributed by atoms with Crippen LogP contribution in [0, 0.1) is 0 Å². The molecule has 2 amide bonds. The Labute approximate surface area is 191 Å². The Bertz CT molecular complexity index is 1130. The molecule has 3 aromatic rings. The maximum atomic E-state index is 12.8. The largest absolute Gasteiger partial charge is 0.495 e. The van der Waals surface area contributed by atoms with Gasteiger partial charge in [-0.25, -0.2) is 0 Å². The van der Waals surface area contributed by atoms with Gasteiger partial charge in [0, 0.05) is 28.8 Å². The molecular weight excluding hydrogens is 432 g/mol. The lowest BCUT2D eigenvalue weighted by molar-refractivity contribution is -0.114. The Hall–Kier alpha value is -3.71. The van der Waals surface area contributed by atoms with E-state index in [0.29, 0.717) is 39.2 Å². The number of amides is 2. The number of hydrogen-bond acceptors (Lipinski definition) is 5. The van der Waals surface area contributed by atoms with E-state index in [4.69, 9.17) is 25.8 Å². The minimum Gasteiger partial charge on any atom is -0.495 e. The summed E-state index contributed by atoms with van der Waals surface area (Å²) in [5, 5.41) is 6.09. The van der Waals surface area contributed by atoms with Crippen molar-refractivity contribution in [3.05, 3.63) is 76.8 Å². The van der Waals surface area contributed by atoms with E-state index in [9.17, 15) is 9.59 Å². The third-order valence-corrected chi connectivity index (χ3v) is 4.90. The summed E-state index contributed by atoms with van der Waals surface area (Å²) in [6, 6.07) is 17.3. The molecule has 166 valence electrons. The Morgan fingerprint density at radius 1 is 0.875 bits per heavy atom. The summed E-state index contributed by atoms with van der Waals surface area (Å²) in [5.41, 5.74) is 2.17. The molecule has 2 N–H and O–H groups in total. The van der Waals surface area contributed by atoms with Gasteiger partial charge >= 0.3 is 0 Å². The maximum absolute atomic E-state index is 12.8. The first-order chi connectivity index (χ1) is 15.4. The van der Waals surface area contributed by atoms with Crippen LogP contribution in [0.15, 0.2) is 60.7 Å². The molecule has 3 aromatic carbocycles. The first-order valence-corrected chi connectivity index (χ1v) is 10.1. The Morgan fingerprint density at radius 3 is 2.28 bits per heavy atom. The van der Waals surface area contributed by atoms with Gasteiger partial charge < -0.3 is 24.8 Å². The second-order valence-corrected chi connectivity index (χ2v) is 7.20. The summed E-state index contributed by atoms with van der Waals surface area (Å²) in [7, 11) is 3.00. The van der Waals surface area contributed by atoms with Gasteiger partial charge in [0.2, 0.25) is 5.91 Å². The number of rotatable bonds is 8. The van der Waals surface area contributed by atoms with Crippen LogP contribution in [0.1, 0.15) is 22.8 Å². The maximum Gasteiger partial charge on any atom is 0.255 e. The second-order valence-electron chi connectivity index (χ2n) is 6.80. The second kappa shape index (κ2) is 10.5. The van der Waals surface area contributed by atoms with E-state index in [0.717, 1.165) is 5.56 Å². The first kappa shape index (κ1) is 23.0. The summed E-state index contributed by atoms with van der Waals surface area (Å²) >= 11 is 6.17. The molecule has 0 unspecified atom stereocenters. The fourth-order valence-electron chi connectivity index (χ4n) is 2.98. The van der Waals surface area contributed by atoms with Crippen molar-refractivity contribution in [1.29, 1.82) is 0 Å². The molecule has 0 bridgehead atoms. The van der Waals surface area contributed by atoms with Gasteiger partial charge in [0.15, 0.2) is 11.5 Å². The van der Waals surface area contributed by atoms with Crippen LogP contribution in [-0.2, 0) is 11.4 Å². The predicted octanol–water partition coefficient (Wildman–Crippen LogP) is 5.15. The van der Waals surface area contributed by atoms with Crippen LogP contribution in [0.3, 0.4) is 0 Å². The van der Waals surface area contributed by atoms with Crippen molar-refractivity contribution in [2.45, 2.75) is 13.5 Å². The van der Waals surface area contributed by atoms with Gasteiger partial charge in [0.05, 0.1) is 19.9 Å². The van der Waals surface area contributed by atoms with Gasteiger partial charge in [-0.1, -0.05) is 29.8 Å². The van der Waals surface area contributed by atoms with Crippen molar-refractivity contribution in [1.82, 2.24) is 0 Å². The molecule has 0 aliphatic rings. The number of carbonyl (C=O) groups excluding carboxylic acids is 2. The molecule has 0 spiro atoms. The zero-order valence-electron chi connectivity index (χ0n) is 17.9. The summed E-state index contributed by atoms with van der Waals surface area (Å²) in [5.74, 6) is 0.795. The normalized spacial score (nSPS) is 10.2. The van der Waals surface area contributed by atoms with E-state index in [1.165, 1.54) is 21.1 Å². The van der Waals surface area contributed by atoms with Gasteiger partial charge in [0.1, 0.15) is 12.4 Å². The number of halogens is 1. The van der Waals surface area contributed by atoms with Crippen LogP contribution in [0.2, 0.25) is 5.02 Å². The zero-order chi connectivity index (χ0) is 23.1. The van der Waals surface area contributed by atoms with E-state index in [2.05, 4.69) is 10.6 Å². The number of nitrogens with one attached hydrogen (secondary N) is 2. The molecular formula is C24H23ClN2O5. The summed E-state index contributed by atoms with van der Waals surface area (Å²) in [6.45, 7) is 1.66. The zero-order valence-corrected chi connectivity index (χ0v) is 18.7. The SMILES string of the molecule is COc1ccc(NC(=O)c2ccc(OCc3ccccc3Cl)c(OC)c2)cc1NC(C)=O. The molecule has 0 heterocycles. The third kappa shape index (κ3) is 5.70. The number of benzene rings is 3.